The van der Waals surface area contributed by atoms with E-state index in [1.165, 1.54) is 6.42 Å². The number of allylic oxidation sites excluding steroid dienone is 1. The number of rotatable bonds is 7. The Balaban J connectivity index is 5.29. The average molecular weight is 326 g/mol. The zero-order valence-corrected chi connectivity index (χ0v) is 17.1. The molecule has 0 aromatic carbocycles. The van der Waals surface area contributed by atoms with Crippen molar-refractivity contribution >= 4 is 0 Å². The van der Waals surface area contributed by atoms with Crippen LogP contribution in [0.4, 0.5) is 0 Å². The summed E-state index contributed by atoms with van der Waals surface area (Å²) < 4.78 is 0. The highest BCUT2D eigenvalue weighted by atomic mass is 16.3. The van der Waals surface area contributed by atoms with Crippen molar-refractivity contribution in [3.05, 3.63) is 16.9 Å². The summed E-state index contributed by atoms with van der Waals surface area (Å²) in [5.74, 6) is 0.596. The lowest BCUT2D eigenvalue weighted by molar-refractivity contribution is 0.0868. The van der Waals surface area contributed by atoms with Gasteiger partial charge in [-0.3, -0.25) is 0 Å². The van der Waals surface area contributed by atoms with Crippen molar-refractivity contribution in [2.45, 2.75) is 88.5 Å². The van der Waals surface area contributed by atoms with Crippen LogP contribution in [0.2, 0.25) is 0 Å². The number of aliphatic hydroxyl groups excluding tert-OH is 1. The van der Waals surface area contributed by atoms with Gasteiger partial charge in [0.25, 0.3) is 0 Å². The average Bonchev–Trinajstić information content (AvgIpc) is 2.23. The first-order valence-electron chi connectivity index (χ1n) is 8.72. The molecule has 0 heterocycles. The molecule has 1 unspecified atom stereocenters. The van der Waals surface area contributed by atoms with E-state index >= 15 is 0 Å². The van der Waals surface area contributed by atoms with Crippen LogP contribution in [0, 0.1) is 32.5 Å². The second kappa shape index (κ2) is 7.36. The summed E-state index contributed by atoms with van der Waals surface area (Å²) in [6.07, 6.45) is 3.94. The largest absolute Gasteiger partial charge is 0.514 e. The SMILES string of the molecule is CC(C)(C)CC(CC(C)(C)CC(C)(C)/C(=C\O)N=O)C(C)(C)C. The van der Waals surface area contributed by atoms with E-state index in [1.54, 1.807) is 0 Å². The van der Waals surface area contributed by atoms with Crippen molar-refractivity contribution in [2.75, 3.05) is 0 Å². The van der Waals surface area contributed by atoms with E-state index in [1.807, 2.05) is 13.8 Å². The first-order chi connectivity index (χ1) is 10.0. The number of nitrogens with zero attached hydrogens (tertiary/aromatic N) is 1. The molecule has 3 heteroatoms. The summed E-state index contributed by atoms with van der Waals surface area (Å²) >= 11 is 0. The van der Waals surface area contributed by atoms with Crippen LogP contribution in [0.3, 0.4) is 0 Å². The molecule has 0 radical (unpaired) electrons. The van der Waals surface area contributed by atoms with Crippen LogP contribution in [-0.2, 0) is 0 Å². The quantitative estimate of drug-likeness (QED) is 0.401. The van der Waals surface area contributed by atoms with E-state index in [9.17, 15) is 10.0 Å². The van der Waals surface area contributed by atoms with E-state index in [4.69, 9.17) is 0 Å². The zero-order chi connectivity index (χ0) is 18.7. The van der Waals surface area contributed by atoms with E-state index in [0.717, 1.165) is 19.1 Å². The molecule has 0 saturated carbocycles. The molecule has 0 aliphatic carbocycles. The van der Waals surface area contributed by atoms with Crippen molar-refractivity contribution in [1.82, 2.24) is 0 Å². The smallest absolute Gasteiger partial charge is 0.125 e. The van der Waals surface area contributed by atoms with E-state index in [0.29, 0.717) is 11.3 Å². The standard InChI is InChI=1S/C20H39NO2/c1-17(2,3)11-15(18(4,5)6)12-19(7,8)14-20(9,10)16(13-22)21-23/h13,15,22H,11-12,14H2,1-10H3/b16-13+. The minimum atomic E-state index is -0.426. The summed E-state index contributed by atoms with van der Waals surface area (Å²) in [4.78, 5) is 11.0. The van der Waals surface area contributed by atoms with Gasteiger partial charge >= 0.3 is 0 Å². The molecule has 3 nitrogen and oxygen atoms in total. The molecule has 0 aromatic rings. The molecule has 0 aliphatic heterocycles. The predicted molar refractivity (Wildman–Crippen MR) is 100 cm³/mol. The van der Waals surface area contributed by atoms with Crippen molar-refractivity contribution in [1.29, 1.82) is 0 Å². The Labute approximate surface area is 143 Å². The number of aliphatic hydroxyl groups is 1. The van der Waals surface area contributed by atoms with Gasteiger partial charge in [0.2, 0.25) is 0 Å². The van der Waals surface area contributed by atoms with E-state index in [2.05, 4.69) is 60.6 Å². The van der Waals surface area contributed by atoms with Crippen LogP contribution in [0.5, 0.6) is 0 Å². The third kappa shape index (κ3) is 7.99. The van der Waals surface area contributed by atoms with Gasteiger partial charge in [0, 0.05) is 5.41 Å². The Morgan fingerprint density at radius 3 is 1.74 bits per heavy atom. The molecule has 0 fully saturated rings. The van der Waals surface area contributed by atoms with Crippen molar-refractivity contribution < 1.29 is 5.11 Å². The molecular weight excluding hydrogens is 286 g/mol. The van der Waals surface area contributed by atoms with Crippen LogP contribution in [0.1, 0.15) is 88.5 Å². The Kier molecular flexibility index (Phi) is 7.08. The van der Waals surface area contributed by atoms with Crippen molar-refractivity contribution in [3.63, 3.8) is 0 Å². The van der Waals surface area contributed by atoms with E-state index in [-0.39, 0.29) is 16.5 Å². The van der Waals surface area contributed by atoms with Gasteiger partial charge in [-0.05, 0) is 46.6 Å². The lowest BCUT2D eigenvalue weighted by atomic mass is 9.63. The topological polar surface area (TPSA) is 49.7 Å². The molecule has 0 spiro atoms. The van der Waals surface area contributed by atoms with Crippen molar-refractivity contribution in [2.24, 2.45) is 32.8 Å². The Bertz CT molecular complexity index is 420. The van der Waals surface area contributed by atoms with Gasteiger partial charge in [-0.2, -0.15) is 0 Å². The maximum Gasteiger partial charge on any atom is 0.125 e. The Hall–Kier alpha value is -0.860. The minimum Gasteiger partial charge on any atom is -0.514 e. The fourth-order valence-electron chi connectivity index (χ4n) is 3.77. The van der Waals surface area contributed by atoms with Gasteiger partial charge in [-0.1, -0.05) is 69.2 Å². The Morgan fingerprint density at radius 2 is 1.43 bits per heavy atom. The summed E-state index contributed by atoms with van der Waals surface area (Å²) in [5.41, 5.74) is 0.404. The monoisotopic (exact) mass is 325 g/mol. The van der Waals surface area contributed by atoms with Crippen LogP contribution in [0.15, 0.2) is 17.1 Å². The lowest BCUT2D eigenvalue weighted by Gasteiger charge is -2.42. The van der Waals surface area contributed by atoms with Gasteiger partial charge < -0.3 is 5.11 Å². The molecule has 0 saturated heterocycles. The second-order valence-corrected chi connectivity index (χ2v) is 10.9. The number of hydrogen-bond donors (Lipinski definition) is 1. The van der Waals surface area contributed by atoms with Gasteiger partial charge in [-0.15, -0.1) is 4.91 Å². The molecule has 0 aliphatic rings. The highest BCUT2D eigenvalue weighted by Gasteiger charge is 2.38. The van der Waals surface area contributed by atoms with Crippen LogP contribution in [0.25, 0.3) is 0 Å². The van der Waals surface area contributed by atoms with E-state index < -0.39 is 5.41 Å². The summed E-state index contributed by atoms with van der Waals surface area (Å²) in [6, 6.07) is 0. The third-order valence-corrected chi connectivity index (χ3v) is 4.72. The highest BCUT2D eigenvalue weighted by Crippen LogP contribution is 2.48. The second-order valence-electron chi connectivity index (χ2n) is 10.9. The molecule has 0 bridgehead atoms. The van der Waals surface area contributed by atoms with Crippen LogP contribution in [-0.4, -0.2) is 5.11 Å². The molecule has 0 rings (SSSR count). The Morgan fingerprint density at radius 1 is 0.957 bits per heavy atom. The maximum absolute atomic E-state index is 11.0. The highest BCUT2D eigenvalue weighted by molar-refractivity contribution is 5.08. The predicted octanol–water partition coefficient (Wildman–Crippen LogP) is 7.08. The fourth-order valence-corrected chi connectivity index (χ4v) is 3.77. The van der Waals surface area contributed by atoms with Crippen LogP contribution >= 0.6 is 0 Å². The molecule has 0 aromatic heterocycles. The van der Waals surface area contributed by atoms with Gasteiger partial charge in [0.05, 0.1) is 0 Å². The van der Waals surface area contributed by atoms with Gasteiger partial charge in [-0.25, -0.2) is 0 Å². The van der Waals surface area contributed by atoms with Crippen molar-refractivity contribution in [3.8, 4) is 0 Å². The lowest BCUT2D eigenvalue weighted by Crippen LogP contribution is -2.33. The zero-order valence-electron chi connectivity index (χ0n) is 17.1. The van der Waals surface area contributed by atoms with Gasteiger partial charge in [0.15, 0.2) is 0 Å². The number of nitroso groups, excluding NO2 is 1. The van der Waals surface area contributed by atoms with Gasteiger partial charge in [0.1, 0.15) is 12.0 Å². The summed E-state index contributed by atoms with van der Waals surface area (Å²) in [5, 5.41) is 12.3. The fraction of sp³-hybridized carbons (Fsp3) is 0.900. The summed E-state index contributed by atoms with van der Waals surface area (Å²) in [7, 11) is 0. The first-order valence-corrected chi connectivity index (χ1v) is 8.72. The third-order valence-electron chi connectivity index (χ3n) is 4.72. The maximum atomic E-state index is 11.0. The summed E-state index contributed by atoms with van der Waals surface area (Å²) in [6.45, 7) is 22.3. The first kappa shape index (κ1) is 22.1. The molecule has 0 amide bonds. The normalized spacial score (nSPS) is 16.3. The minimum absolute atomic E-state index is 0.0612. The molecule has 23 heavy (non-hydrogen) atoms. The molecular formula is C20H39NO2. The molecule has 1 atom stereocenters. The number of hydrogen-bond acceptors (Lipinski definition) is 3. The van der Waals surface area contributed by atoms with Crippen LogP contribution < -0.4 is 0 Å². The molecule has 1 N–H and O–H groups in total. The molecule has 136 valence electrons.